The summed E-state index contributed by atoms with van der Waals surface area (Å²) in [6, 6.07) is 13.8. The molecule has 0 aliphatic carbocycles. The Labute approximate surface area is 130 Å². The molecule has 0 spiro atoms. The summed E-state index contributed by atoms with van der Waals surface area (Å²) in [6.45, 7) is 0. The number of nitrogens with zero attached hydrogens (tertiary/aromatic N) is 2. The minimum atomic E-state index is -3.81. The Morgan fingerprint density at radius 3 is 2.36 bits per heavy atom. The SMILES string of the molecule is O=S(=O)(Nc1nc(-c2ccccc2)ns1)c1ccc(F)cc1. The second-order valence-electron chi connectivity index (χ2n) is 4.35. The summed E-state index contributed by atoms with van der Waals surface area (Å²) in [7, 11) is -3.81. The fraction of sp³-hybridized carbons (Fsp3) is 0. The summed E-state index contributed by atoms with van der Waals surface area (Å²) in [5, 5.41) is 0.156. The van der Waals surface area contributed by atoms with E-state index in [9.17, 15) is 12.8 Å². The van der Waals surface area contributed by atoms with Crippen LogP contribution in [0, 0.1) is 5.82 Å². The molecule has 1 heterocycles. The monoisotopic (exact) mass is 335 g/mol. The molecule has 0 atom stereocenters. The molecule has 0 saturated heterocycles. The smallest absolute Gasteiger partial charge is 0.253 e. The first-order valence-corrected chi connectivity index (χ1v) is 8.48. The number of aromatic nitrogens is 2. The topological polar surface area (TPSA) is 72.0 Å². The first kappa shape index (κ1) is 14.6. The zero-order valence-electron chi connectivity index (χ0n) is 11.1. The summed E-state index contributed by atoms with van der Waals surface area (Å²) < 4.78 is 43.6. The third-order valence-electron chi connectivity index (χ3n) is 2.80. The van der Waals surface area contributed by atoms with Gasteiger partial charge in [-0.3, -0.25) is 4.72 Å². The Morgan fingerprint density at radius 2 is 1.68 bits per heavy atom. The van der Waals surface area contributed by atoms with Crippen LogP contribution in [0.3, 0.4) is 0 Å². The molecule has 0 bridgehead atoms. The van der Waals surface area contributed by atoms with E-state index in [1.807, 2.05) is 30.3 Å². The van der Waals surface area contributed by atoms with Gasteiger partial charge in [0.1, 0.15) is 5.82 Å². The van der Waals surface area contributed by atoms with E-state index in [1.165, 1.54) is 12.1 Å². The van der Waals surface area contributed by atoms with Gasteiger partial charge in [-0.05, 0) is 24.3 Å². The number of halogens is 1. The first-order chi connectivity index (χ1) is 10.5. The van der Waals surface area contributed by atoms with Crippen molar-refractivity contribution in [2.75, 3.05) is 4.72 Å². The van der Waals surface area contributed by atoms with Crippen molar-refractivity contribution in [2.45, 2.75) is 4.90 Å². The molecule has 0 aliphatic heterocycles. The van der Waals surface area contributed by atoms with Crippen molar-refractivity contribution in [2.24, 2.45) is 0 Å². The summed E-state index contributed by atoms with van der Waals surface area (Å²) in [6.07, 6.45) is 0. The molecule has 3 rings (SSSR count). The molecule has 2 aromatic carbocycles. The molecule has 0 unspecified atom stereocenters. The van der Waals surface area contributed by atoms with Gasteiger partial charge in [-0.25, -0.2) is 12.8 Å². The van der Waals surface area contributed by atoms with E-state index in [4.69, 9.17) is 0 Å². The van der Waals surface area contributed by atoms with Crippen LogP contribution in [0.1, 0.15) is 0 Å². The Hall–Kier alpha value is -2.32. The normalized spacial score (nSPS) is 11.3. The first-order valence-electron chi connectivity index (χ1n) is 6.22. The van der Waals surface area contributed by atoms with Crippen LogP contribution in [0.4, 0.5) is 9.52 Å². The van der Waals surface area contributed by atoms with Gasteiger partial charge in [0.2, 0.25) is 5.13 Å². The zero-order chi connectivity index (χ0) is 15.6. The third kappa shape index (κ3) is 3.12. The fourth-order valence-corrected chi connectivity index (χ4v) is 3.57. The molecule has 3 aromatic rings. The summed E-state index contributed by atoms with van der Waals surface area (Å²) in [5.41, 5.74) is 0.797. The molecule has 0 fully saturated rings. The molecule has 8 heteroatoms. The van der Waals surface area contributed by atoms with Gasteiger partial charge in [0.05, 0.1) is 4.90 Å². The van der Waals surface area contributed by atoms with Crippen molar-refractivity contribution >= 4 is 26.7 Å². The van der Waals surface area contributed by atoms with Crippen LogP contribution >= 0.6 is 11.5 Å². The molecule has 0 aliphatic rings. The summed E-state index contributed by atoms with van der Waals surface area (Å²) in [5.74, 6) is -0.0522. The third-order valence-corrected chi connectivity index (χ3v) is 4.92. The van der Waals surface area contributed by atoms with Crippen molar-refractivity contribution in [3.8, 4) is 11.4 Å². The Balaban J connectivity index is 1.84. The number of hydrogen-bond donors (Lipinski definition) is 1. The maximum atomic E-state index is 12.9. The summed E-state index contributed by atoms with van der Waals surface area (Å²) >= 11 is 0.944. The van der Waals surface area contributed by atoms with Crippen LogP contribution in [-0.4, -0.2) is 17.8 Å². The maximum Gasteiger partial charge on any atom is 0.263 e. The van der Waals surface area contributed by atoms with Crippen LogP contribution in [0.2, 0.25) is 0 Å². The lowest BCUT2D eigenvalue weighted by molar-refractivity contribution is 0.599. The number of sulfonamides is 1. The predicted octanol–water partition coefficient (Wildman–Crippen LogP) is 3.15. The summed E-state index contributed by atoms with van der Waals surface area (Å²) in [4.78, 5) is 4.12. The van der Waals surface area contributed by atoms with Gasteiger partial charge in [0, 0.05) is 17.1 Å². The van der Waals surface area contributed by atoms with Crippen LogP contribution in [-0.2, 0) is 10.0 Å². The van der Waals surface area contributed by atoms with Crippen LogP contribution in [0.5, 0.6) is 0 Å². The van der Waals surface area contributed by atoms with Gasteiger partial charge in [-0.1, -0.05) is 30.3 Å². The minimum Gasteiger partial charge on any atom is -0.253 e. The number of rotatable bonds is 4. The molecule has 0 amide bonds. The molecule has 22 heavy (non-hydrogen) atoms. The molecule has 0 radical (unpaired) electrons. The standard InChI is InChI=1S/C14H10FN3O2S2/c15-11-6-8-12(9-7-11)22(19,20)18-14-16-13(17-21-14)10-4-2-1-3-5-10/h1-9H,(H,16,17,18). The van der Waals surface area contributed by atoms with E-state index in [1.54, 1.807) is 0 Å². The molecular weight excluding hydrogens is 325 g/mol. The average molecular weight is 335 g/mol. The molecular formula is C14H10FN3O2S2. The number of anilines is 1. The molecule has 1 aromatic heterocycles. The van der Waals surface area contributed by atoms with E-state index < -0.39 is 15.8 Å². The highest BCUT2D eigenvalue weighted by atomic mass is 32.2. The largest absolute Gasteiger partial charge is 0.263 e. The zero-order valence-corrected chi connectivity index (χ0v) is 12.7. The number of nitrogens with one attached hydrogen (secondary N) is 1. The van der Waals surface area contributed by atoms with Gasteiger partial charge < -0.3 is 0 Å². The van der Waals surface area contributed by atoms with E-state index in [-0.39, 0.29) is 10.0 Å². The van der Waals surface area contributed by atoms with Gasteiger partial charge in [-0.2, -0.15) is 9.36 Å². The van der Waals surface area contributed by atoms with Crippen molar-refractivity contribution < 1.29 is 12.8 Å². The number of benzene rings is 2. The maximum absolute atomic E-state index is 12.9. The highest BCUT2D eigenvalue weighted by Gasteiger charge is 2.17. The van der Waals surface area contributed by atoms with Crippen LogP contribution in [0.15, 0.2) is 59.5 Å². The van der Waals surface area contributed by atoms with Gasteiger partial charge in [0.15, 0.2) is 5.82 Å². The van der Waals surface area contributed by atoms with Crippen molar-refractivity contribution in [1.82, 2.24) is 9.36 Å². The van der Waals surface area contributed by atoms with E-state index in [2.05, 4.69) is 14.1 Å². The van der Waals surface area contributed by atoms with Crippen LogP contribution in [0.25, 0.3) is 11.4 Å². The van der Waals surface area contributed by atoms with E-state index in [0.717, 1.165) is 29.2 Å². The lowest BCUT2D eigenvalue weighted by Gasteiger charge is -2.04. The van der Waals surface area contributed by atoms with Crippen molar-refractivity contribution in [1.29, 1.82) is 0 Å². The van der Waals surface area contributed by atoms with Gasteiger partial charge in [0.25, 0.3) is 10.0 Å². The molecule has 112 valence electrons. The Morgan fingerprint density at radius 1 is 1.00 bits per heavy atom. The van der Waals surface area contributed by atoms with Gasteiger partial charge >= 0.3 is 0 Å². The van der Waals surface area contributed by atoms with E-state index in [0.29, 0.717) is 5.82 Å². The highest BCUT2D eigenvalue weighted by Crippen LogP contribution is 2.23. The van der Waals surface area contributed by atoms with Crippen molar-refractivity contribution in [3.05, 3.63) is 60.4 Å². The van der Waals surface area contributed by atoms with Gasteiger partial charge in [-0.15, -0.1) is 0 Å². The highest BCUT2D eigenvalue weighted by molar-refractivity contribution is 7.93. The van der Waals surface area contributed by atoms with E-state index >= 15 is 0 Å². The quantitative estimate of drug-likeness (QED) is 0.795. The Bertz CT molecular complexity index is 878. The molecule has 1 N–H and O–H groups in total. The predicted molar refractivity (Wildman–Crippen MR) is 82.6 cm³/mol. The lowest BCUT2D eigenvalue weighted by atomic mass is 10.2. The Kier molecular flexibility index (Phi) is 3.86. The second-order valence-corrected chi connectivity index (χ2v) is 6.78. The van der Waals surface area contributed by atoms with Crippen molar-refractivity contribution in [3.63, 3.8) is 0 Å². The average Bonchev–Trinajstić information content (AvgIpc) is 2.96. The molecule has 0 saturated carbocycles. The molecule has 5 nitrogen and oxygen atoms in total. The fourth-order valence-electron chi connectivity index (χ4n) is 1.76. The minimum absolute atomic E-state index is 0.0367. The van der Waals surface area contributed by atoms with Crippen LogP contribution < -0.4 is 4.72 Å². The number of hydrogen-bond acceptors (Lipinski definition) is 5. The second kappa shape index (κ2) is 5.82. The lowest BCUT2D eigenvalue weighted by Crippen LogP contribution is -2.12.